The van der Waals surface area contributed by atoms with Gasteiger partial charge in [0.25, 0.3) is 5.91 Å². The molecular weight excluding hydrogens is 288 g/mol. The molecule has 1 amide bonds. The lowest BCUT2D eigenvalue weighted by molar-refractivity contribution is 0.0931. The number of hydrogen-bond acceptors (Lipinski definition) is 3. The van der Waals surface area contributed by atoms with Crippen molar-refractivity contribution in [1.29, 1.82) is 0 Å². The monoisotopic (exact) mass is 308 g/mol. The molecule has 0 saturated carbocycles. The van der Waals surface area contributed by atoms with Crippen molar-refractivity contribution in [1.82, 2.24) is 19.9 Å². The summed E-state index contributed by atoms with van der Waals surface area (Å²) < 4.78 is 1.93. The molecule has 3 rings (SSSR count). The van der Waals surface area contributed by atoms with Gasteiger partial charge in [-0.3, -0.25) is 9.20 Å². The minimum Gasteiger partial charge on any atom is -0.342 e. The quantitative estimate of drug-likeness (QED) is 0.786. The van der Waals surface area contributed by atoms with Crippen LogP contribution < -0.4 is 5.32 Å². The molecule has 0 aliphatic rings. The molecule has 5 heteroatoms. The van der Waals surface area contributed by atoms with Gasteiger partial charge in [-0.2, -0.15) is 0 Å². The van der Waals surface area contributed by atoms with Gasteiger partial charge < -0.3 is 5.32 Å². The lowest BCUT2D eigenvalue weighted by atomic mass is 10.1. The number of amides is 1. The zero-order valence-corrected chi connectivity index (χ0v) is 13.4. The van der Waals surface area contributed by atoms with E-state index >= 15 is 0 Å². The van der Waals surface area contributed by atoms with E-state index in [-0.39, 0.29) is 11.9 Å². The van der Waals surface area contributed by atoms with Crippen molar-refractivity contribution in [2.45, 2.75) is 32.7 Å². The van der Waals surface area contributed by atoms with Gasteiger partial charge in [-0.15, -0.1) is 10.2 Å². The predicted molar refractivity (Wildman–Crippen MR) is 89.3 cm³/mol. The van der Waals surface area contributed by atoms with Crippen molar-refractivity contribution in [2.75, 3.05) is 0 Å². The number of nitrogens with zero attached hydrogens (tertiary/aromatic N) is 3. The third kappa shape index (κ3) is 3.08. The molecule has 0 aliphatic heterocycles. The van der Waals surface area contributed by atoms with Gasteiger partial charge in [0.15, 0.2) is 11.5 Å². The van der Waals surface area contributed by atoms with Crippen LogP contribution in [0.5, 0.6) is 0 Å². The van der Waals surface area contributed by atoms with Crippen LogP contribution in [0.1, 0.15) is 47.6 Å². The molecule has 1 N–H and O–H groups in total. The third-order valence-electron chi connectivity index (χ3n) is 3.92. The first-order chi connectivity index (χ1) is 11.2. The number of hydrogen-bond donors (Lipinski definition) is 1. The van der Waals surface area contributed by atoms with Crippen molar-refractivity contribution in [3.8, 4) is 0 Å². The molecule has 2 aromatic heterocycles. The molecule has 1 atom stereocenters. The lowest BCUT2D eigenvalue weighted by Gasteiger charge is -2.17. The van der Waals surface area contributed by atoms with Gasteiger partial charge in [0, 0.05) is 11.8 Å². The zero-order chi connectivity index (χ0) is 16.2. The highest BCUT2D eigenvalue weighted by Crippen LogP contribution is 2.19. The maximum absolute atomic E-state index is 12.6. The molecule has 23 heavy (non-hydrogen) atoms. The van der Waals surface area contributed by atoms with E-state index in [1.807, 2.05) is 60.0 Å². The van der Waals surface area contributed by atoms with Crippen LogP contribution in [0.2, 0.25) is 0 Å². The van der Waals surface area contributed by atoms with E-state index in [1.54, 1.807) is 0 Å². The molecule has 5 nitrogen and oxygen atoms in total. The Kier molecular flexibility index (Phi) is 4.37. The number of fused-ring (bicyclic) bond motifs is 1. The topological polar surface area (TPSA) is 59.3 Å². The largest absolute Gasteiger partial charge is 0.342 e. The fourth-order valence-electron chi connectivity index (χ4n) is 2.72. The van der Waals surface area contributed by atoms with Gasteiger partial charge in [0.2, 0.25) is 0 Å². The summed E-state index contributed by atoms with van der Waals surface area (Å²) in [5, 5.41) is 11.6. The number of carbonyl (C=O) groups excluding carboxylic acids is 1. The Hall–Kier alpha value is -2.69. The number of pyridine rings is 1. The molecule has 1 aromatic carbocycles. The molecule has 118 valence electrons. The fourth-order valence-corrected chi connectivity index (χ4v) is 2.72. The number of benzene rings is 1. The van der Waals surface area contributed by atoms with Gasteiger partial charge in [-0.25, -0.2) is 0 Å². The van der Waals surface area contributed by atoms with Crippen molar-refractivity contribution in [2.24, 2.45) is 0 Å². The SMILES string of the molecule is CCCC(NC(=O)c1ccccc1C)c1nnc2ccccn12. The summed E-state index contributed by atoms with van der Waals surface area (Å²) in [5.74, 6) is 0.693. The summed E-state index contributed by atoms with van der Waals surface area (Å²) in [5.41, 5.74) is 2.45. The summed E-state index contributed by atoms with van der Waals surface area (Å²) in [6.07, 6.45) is 3.68. The second-order valence-corrected chi connectivity index (χ2v) is 5.62. The smallest absolute Gasteiger partial charge is 0.252 e. The molecular formula is C18H20N4O. The normalized spacial score (nSPS) is 12.3. The molecule has 3 aromatic rings. The van der Waals surface area contributed by atoms with Gasteiger partial charge >= 0.3 is 0 Å². The predicted octanol–water partition coefficient (Wildman–Crippen LogP) is 3.31. The molecule has 0 bridgehead atoms. The van der Waals surface area contributed by atoms with Crippen LogP contribution in [-0.2, 0) is 0 Å². The maximum Gasteiger partial charge on any atom is 0.252 e. The Labute approximate surface area is 135 Å². The summed E-state index contributed by atoms with van der Waals surface area (Å²) >= 11 is 0. The standard InChI is InChI=1S/C18H20N4O/c1-3-8-15(17-21-20-16-11-6-7-12-22(16)17)19-18(23)14-10-5-4-9-13(14)2/h4-7,9-12,15H,3,8H2,1-2H3,(H,19,23). The molecule has 0 aliphatic carbocycles. The average molecular weight is 308 g/mol. The summed E-state index contributed by atoms with van der Waals surface area (Å²) in [4.78, 5) is 12.6. The van der Waals surface area contributed by atoms with Gasteiger partial charge in [0.05, 0.1) is 6.04 Å². The number of rotatable bonds is 5. The van der Waals surface area contributed by atoms with Crippen LogP contribution in [0.4, 0.5) is 0 Å². The fraction of sp³-hybridized carbons (Fsp3) is 0.278. The Balaban J connectivity index is 1.90. The van der Waals surface area contributed by atoms with Crippen molar-refractivity contribution in [3.05, 3.63) is 65.6 Å². The van der Waals surface area contributed by atoms with Gasteiger partial charge in [0.1, 0.15) is 0 Å². The zero-order valence-electron chi connectivity index (χ0n) is 13.4. The number of carbonyl (C=O) groups is 1. The van der Waals surface area contributed by atoms with Crippen molar-refractivity contribution in [3.63, 3.8) is 0 Å². The minimum absolute atomic E-state index is 0.0748. The number of aromatic nitrogens is 3. The van der Waals surface area contributed by atoms with E-state index in [9.17, 15) is 4.79 Å². The molecule has 0 saturated heterocycles. The first-order valence-electron chi connectivity index (χ1n) is 7.87. The van der Waals surface area contributed by atoms with E-state index in [4.69, 9.17) is 0 Å². The Morgan fingerprint density at radius 2 is 1.96 bits per heavy atom. The molecule has 0 spiro atoms. The van der Waals surface area contributed by atoms with Crippen LogP contribution >= 0.6 is 0 Å². The summed E-state index contributed by atoms with van der Waals surface area (Å²) in [6, 6.07) is 13.2. The van der Waals surface area contributed by atoms with E-state index in [0.29, 0.717) is 5.56 Å². The second-order valence-electron chi connectivity index (χ2n) is 5.62. The maximum atomic E-state index is 12.6. The second kappa shape index (κ2) is 6.60. The van der Waals surface area contributed by atoms with E-state index < -0.39 is 0 Å². The highest BCUT2D eigenvalue weighted by atomic mass is 16.1. The van der Waals surface area contributed by atoms with Gasteiger partial charge in [-0.1, -0.05) is 37.6 Å². The van der Waals surface area contributed by atoms with Crippen LogP contribution in [0, 0.1) is 6.92 Å². The van der Waals surface area contributed by atoms with Crippen molar-refractivity contribution >= 4 is 11.6 Å². The van der Waals surface area contributed by atoms with Crippen LogP contribution in [0.3, 0.4) is 0 Å². The lowest BCUT2D eigenvalue weighted by Crippen LogP contribution is -2.30. The van der Waals surface area contributed by atoms with E-state index in [2.05, 4.69) is 22.4 Å². The minimum atomic E-state index is -0.162. The van der Waals surface area contributed by atoms with E-state index in [0.717, 1.165) is 29.9 Å². The first kappa shape index (κ1) is 15.2. The van der Waals surface area contributed by atoms with Gasteiger partial charge in [-0.05, 0) is 37.1 Å². The molecule has 2 heterocycles. The number of aryl methyl sites for hydroxylation is 1. The summed E-state index contributed by atoms with van der Waals surface area (Å²) in [6.45, 7) is 4.03. The number of nitrogens with one attached hydrogen (secondary N) is 1. The van der Waals surface area contributed by atoms with Crippen LogP contribution in [0.15, 0.2) is 48.7 Å². The average Bonchev–Trinajstić information content (AvgIpc) is 2.99. The Morgan fingerprint density at radius 3 is 2.74 bits per heavy atom. The Morgan fingerprint density at radius 1 is 1.17 bits per heavy atom. The third-order valence-corrected chi connectivity index (χ3v) is 3.92. The van der Waals surface area contributed by atoms with Crippen LogP contribution in [-0.4, -0.2) is 20.5 Å². The Bertz CT molecular complexity index is 825. The van der Waals surface area contributed by atoms with Crippen molar-refractivity contribution < 1.29 is 4.79 Å². The summed E-state index contributed by atoms with van der Waals surface area (Å²) in [7, 11) is 0. The van der Waals surface area contributed by atoms with Crippen LogP contribution in [0.25, 0.3) is 5.65 Å². The first-order valence-corrected chi connectivity index (χ1v) is 7.87. The molecule has 0 radical (unpaired) electrons. The van der Waals surface area contributed by atoms with E-state index in [1.165, 1.54) is 0 Å². The molecule has 0 fully saturated rings. The highest BCUT2D eigenvalue weighted by Gasteiger charge is 2.20. The molecule has 1 unspecified atom stereocenters. The highest BCUT2D eigenvalue weighted by molar-refractivity contribution is 5.95.